The molecule has 2 heterocycles. The number of benzene rings is 2. The third kappa shape index (κ3) is 5.48. The van der Waals surface area contributed by atoms with Gasteiger partial charge in [0, 0.05) is 23.1 Å². The molecule has 1 amide bonds. The second-order valence-electron chi connectivity index (χ2n) is 9.63. The van der Waals surface area contributed by atoms with Crippen LogP contribution in [0.25, 0.3) is 11.0 Å². The molecule has 0 bridgehead atoms. The Morgan fingerprint density at radius 3 is 2.54 bits per heavy atom. The van der Waals surface area contributed by atoms with E-state index in [1.807, 2.05) is 0 Å². The summed E-state index contributed by atoms with van der Waals surface area (Å²) in [4.78, 5) is 18.7. The molecule has 188 valence electrons. The summed E-state index contributed by atoms with van der Waals surface area (Å²) >= 11 is 9.66. The molecule has 2 atom stereocenters. The van der Waals surface area contributed by atoms with Crippen molar-refractivity contribution >= 4 is 68.2 Å². The maximum absolute atomic E-state index is 14.4. The van der Waals surface area contributed by atoms with E-state index in [0.29, 0.717) is 5.52 Å². The third-order valence-corrected chi connectivity index (χ3v) is 6.63. The molecule has 0 spiro atoms. The molecule has 0 saturated heterocycles. The number of hydrogen-bond donors (Lipinski definition) is 0. The number of amides is 1. The minimum absolute atomic E-state index is 0.0171. The van der Waals surface area contributed by atoms with Gasteiger partial charge < -0.3 is 18.9 Å². The van der Waals surface area contributed by atoms with E-state index in [1.165, 1.54) is 30.3 Å². The first-order valence-electron chi connectivity index (χ1n) is 11.1. The van der Waals surface area contributed by atoms with E-state index in [-0.39, 0.29) is 38.6 Å². The number of imidazole rings is 1. The van der Waals surface area contributed by atoms with Crippen molar-refractivity contribution in [3.63, 3.8) is 0 Å². The molecule has 37 heavy (non-hydrogen) atoms. The number of alkyl halides is 2. The van der Waals surface area contributed by atoms with Crippen LogP contribution in [0, 0.1) is 5.82 Å². The van der Waals surface area contributed by atoms with Crippen molar-refractivity contribution in [2.75, 3.05) is 0 Å². The number of aromatic nitrogens is 2. The summed E-state index contributed by atoms with van der Waals surface area (Å²) in [7, 11) is 18.0. The van der Waals surface area contributed by atoms with Crippen molar-refractivity contribution in [3.05, 3.63) is 57.0 Å². The maximum Gasteiger partial charge on any atom is 0.409 e. The standard InChI is InChI=1S/C23H19B3BrClF3N3O3/c1-22(2,3)37-21(35)34(23(24,25)26)16-9-15(18-11(28)5-4-6-17(18)36-20(30)31)33-14-7-10(27)12(29)8-13(14)32-19(16)33/h4-8,15-16,20H,9H2,1-3H3/t15-,16-/m0/s1. The monoisotopic (exact) mass is 589 g/mol. The predicted molar refractivity (Wildman–Crippen MR) is 139 cm³/mol. The minimum atomic E-state index is -3.13. The fraction of sp³-hybridized carbons (Fsp3) is 0.391. The van der Waals surface area contributed by atoms with Crippen molar-refractivity contribution in [1.82, 2.24) is 14.5 Å². The van der Waals surface area contributed by atoms with Crippen LogP contribution in [0.3, 0.4) is 0 Å². The van der Waals surface area contributed by atoms with Gasteiger partial charge in [0.25, 0.3) is 0 Å². The zero-order chi connectivity index (χ0) is 27.4. The lowest BCUT2D eigenvalue weighted by atomic mass is 9.48. The van der Waals surface area contributed by atoms with Gasteiger partial charge in [-0.05, 0) is 54.9 Å². The lowest BCUT2D eigenvalue weighted by molar-refractivity contribution is -0.0506. The van der Waals surface area contributed by atoms with Crippen LogP contribution in [-0.4, -0.2) is 61.5 Å². The van der Waals surface area contributed by atoms with E-state index < -0.39 is 41.4 Å². The first-order chi connectivity index (χ1) is 17.1. The summed E-state index contributed by atoms with van der Waals surface area (Å²) in [5.74, 6) is -0.533. The molecular weight excluding hydrogens is 571 g/mol. The molecule has 0 unspecified atom stereocenters. The molecule has 1 aliphatic rings. The molecular formula is C23H19B3BrClF3N3O3. The van der Waals surface area contributed by atoms with Gasteiger partial charge >= 0.3 is 12.7 Å². The summed E-state index contributed by atoms with van der Waals surface area (Å²) in [5, 5.41) is -2.08. The Hall–Kier alpha value is -2.27. The maximum atomic E-state index is 14.4. The van der Waals surface area contributed by atoms with Gasteiger partial charge in [-0.25, -0.2) is 14.2 Å². The Balaban J connectivity index is 1.96. The Bertz CT molecular complexity index is 1360. The number of carbonyl (C=O) groups excluding carboxylic acids is 1. The van der Waals surface area contributed by atoms with E-state index in [2.05, 4.69) is 20.9 Å². The fourth-order valence-corrected chi connectivity index (χ4v) is 5.09. The summed E-state index contributed by atoms with van der Waals surface area (Å²) in [6.45, 7) is 1.83. The largest absolute Gasteiger partial charge is 0.444 e. The van der Waals surface area contributed by atoms with Gasteiger partial charge in [-0.2, -0.15) is 8.78 Å². The average molecular weight is 590 g/mol. The number of nitrogens with zero attached hydrogens (tertiary/aromatic N) is 3. The topological polar surface area (TPSA) is 56.6 Å². The molecule has 1 aromatic heterocycles. The lowest BCUT2D eigenvalue weighted by Crippen LogP contribution is -2.56. The Kier molecular flexibility index (Phi) is 7.35. The van der Waals surface area contributed by atoms with Gasteiger partial charge in [-0.15, -0.1) is 0 Å². The van der Waals surface area contributed by atoms with Gasteiger partial charge in [0.15, 0.2) is 0 Å². The average Bonchev–Trinajstić information content (AvgIpc) is 3.24. The molecule has 1 aliphatic heterocycles. The Morgan fingerprint density at radius 1 is 1.27 bits per heavy atom. The van der Waals surface area contributed by atoms with Crippen molar-refractivity contribution in [1.29, 1.82) is 0 Å². The van der Waals surface area contributed by atoms with Crippen LogP contribution in [-0.2, 0) is 4.74 Å². The van der Waals surface area contributed by atoms with Gasteiger partial charge in [0.1, 0.15) is 23.0 Å². The minimum Gasteiger partial charge on any atom is -0.444 e. The number of halogens is 5. The molecule has 0 N–H and O–H groups in total. The predicted octanol–water partition coefficient (Wildman–Crippen LogP) is 5.58. The third-order valence-electron chi connectivity index (χ3n) is 5.70. The molecule has 0 saturated carbocycles. The van der Waals surface area contributed by atoms with Gasteiger partial charge in [0.05, 0.1) is 51.1 Å². The second-order valence-corrected chi connectivity index (χ2v) is 10.9. The SMILES string of the molecule is [B]C([B])([B])N(C(=O)OC(C)(C)C)[C@H]1C[C@@H](c2c(Cl)cccc2OC(F)F)n2c1nc1cc(F)c(Br)cc12. The van der Waals surface area contributed by atoms with Crippen LogP contribution in [0.15, 0.2) is 34.8 Å². The molecule has 4 rings (SSSR count). The van der Waals surface area contributed by atoms with Gasteiger partial charge in [-0.1, -0.05) is 22.9 Å². The zero-order valence-corrected chi connectivity index (χ0v) is 22.4. The van der Waals surface area contributed by atoms with Gasteiger partial charge in [-0.3, -0.25) is 0 Å². The number of ether oxygens (including phenoxy) is 2. The Labute approximate surface area is 229 Å². The molecule has 0 aliphatic carbocycles. The number of fused-ring (bicyclic) bond motifs is 3. The van der Waals surface area contributed by atoms with E-state index in [1.54, 1.807) is 25.3 Å². The van der Waals surface area contributed by atoms with E-state index in [4.69, 9.17) is 44.6 Å². The zero-order valence-electron chi connectivity index (χ0n) is 20.0. The van der Waals surface area contributed by atoms with Crippen molar-refractivity contribution in [3.8, 4) is 5.75 Å². The second kappa shape index (κ2) is 9.80. The van der Waals surface area contributed by atoms with E-state index >= 15 is 0 Å². The smallest absolute Gasteiger partial charge is 0.409 e. The number of carbonyl (C=O) groups is 1. The van der Waals surface area contributed by atoms with Crippen LogP contribution < -0.4 is 4.74 Å². The van der Waals surface area contributed by atoms with Crippen LogP contribution in [0.2, 0.25) is 5.02 Å². The molecule has 2 aromatic carbocycles. The first-order valence-corrected chi connectivity index (χ1v) is 12.2. The highest BCUT2D eigenvalue weighted by Gasteiger charge is 2.46. The molecule has 6 nitrogen and oxygen atoms in total. The molecule has 6 radical (unpaired) electrons. The highest BCUT2D eigenvalue weighted by molar-refractivity contribution is 9.10. The highest BCUT2D eigenvalue weighted by atomic mass is 79.9. The summed E-state index contributed by atoms with van der Waals surface area (Å²) in [6.07, 6.45) is -0.914. The quantitative estimate of drug-likeness (QED) is 0.365. The van der Waals surface area contributed by atoms with E-state index in [9.17, 15) is 18.0 Å². The summed E-state index contributed by atoms with van der Waals surface area (Å²) in [6, 6.07) is 5.19. The Morgan fingerprint density at radius 2 is 1.95 bits per heavy atom. The lowest BCUT2D eigenvalue weighted by Gasteiger charge is -2.41. The molecule has 0 fully saturated rings. The number of rotatable bonds is 5. The fourth-order valence-electron chi connectivity index (χ4n) is 4.47. The van der Waals surface area contributed by atoms with Crippen molar-refractivity contribution < 1.29 is 27.4 Å². The van der Waals surface area contributed by atoms with Gasteiger partial charge in [0.2, 0.25) is 0 Å². The van der Waals surface area contributed by atoms with Crippen LogP contribution >= 0.6 is 27.5 Å². The highest BCUT2D eigenvalue weighted by Crippen LogP contribution is 2.49. The van der Waals surface area contributed by atoms with E-state index in [0.717, 1.165) is 4.90 Å². The van der Waals surface area contributed by atoms with Crippen molar-refractivity contribution in [2.45, 2.75) is 56.7 Å². The van der Waals surface area contributed by atoms with Crippen LogP contribution in [0.1, 0.15) is 50.7 Å². The van der Waals surface area contributed by atoms with Crippen LogP contribution in [0.5, 0.6) is 5.75 Å². The normalized spacial score (nSPS) is 17.8. The number of hydrogen-bond acceptors (Lipinski definition) is 4. The summed E-state index contributed by atoms with van der Waals surface area (Å²) < 4.78 is 53.0. The first kappa shape index (κ1) is 27.8. The molecule has 14 heteroatoms. The summed E-state index contributed by atoms with van der Waals surface area (Å²) in [5.41, 5.74) is -0.0591. The van der Waals surface area contributed by atoms with Crippen LogP contribution in [0.4, 0.5) is 18.0 Å². The molecule has 3 aromatic rings. The van der Waals surface area contributed by atoms with Crippen molar-refractivity contribution in [2.24, 2.45) is 0 Å².